The van der Waals surface area contributed by atoms with Crippen LogP contribution < -0.4 is 15.5 Å². The van der Waals surface area contributed by atoms with Gasteiger partial charge in [-0.25, -0.2) is 4.79 Å². The smallest absolute Gasteiger partial charge is 0.344 e. The number of urea groups is 1. The molecule has 4 amide bonds. The van der Waals surface area contributed by atoms with E-state index in [4.69, 9.17) is 4.74 Å². The number of carbonyl (C=O) groups is 3. The Labute approximate surface area is 169 Å². The second-order valence-electron chi connectivity index (χ2n) is 7.68. The number of nitrogens with zero attached hydrogens (tertiary/aromatic N) is 1. The Hall–Kier alpha value is -3.09. The van der Waals surface area contributed by atoms with Gasteiger partial charge in [0.2, 0.25) is 5.91 Å². The average Bonchev–Trinajstić information content (AvgIpc) is 2.95. The van der Waals surface area contributed by atoms with Gasteiger partial charge in [0.25, 0.3) is 5.91 Å². The molecule has 7 heteroatoms. The molecule has 152 valence electrons. The van der Waals surface area contributed by atoms with Crippen LogP contribution in [0.4, 0.5) is 4.79 Å². The van der Waals surface area contributed by atoms with Crippen LogP contribution in [0.3, 0.4) is 0 Å². The predicted molar refractivity (Wildman–Crippen MR) is 108 cm³/mol. The highest BCUT2D eigenvalue weighted by molar-refractivity contribution is 6.08. The molecule has 2 N–H and O–H groups in total. The van der Waals surface area contributed by atoms with E-state index in [1.807, 2.05) is 42.5 Å². The van der Waals surface area contributed by atoms with Gasteiger partial charge in [-0.2, -0.15) is 5.01 Å². The molecule has 0 unspecified atom stereocenters. The second-order valence-corrected chi connectivity index (χ2v) is 7.68. The van der Waals surface area contributed by atoms with Crippen LogP contribution in [0.5, 0.6) is 5.75 Å². The second kappa shape index (κ2) is 8.11. The Balaban J connectivity index is 1.27. The average molecular weight is 395 g/mol. The summed E-state index contributed by atoms with van der Waals surface area (Å²) >= 11 is 0. The van der Waals surface area contributed by atoms with E-state index < -0.39 is 11.6 Å². The normalized spacial score (nSPS) is 18.1. The van der Waals surface area contributed by atoms with Gasteiger partial charge in [-0.1, -0.05) is 55.7 Å². The molecule has 0 aromatic heterocycles. The molecule has 29 heavy (non-hydrogen) atoms. The Bertz CT molecular complexity index is 931. The maximum atomic E-state index is 12.7. The zero-order valence-corrected chi connectivity index (χ0v) is 16.3. The van der Waals surface area contributed by atoms with E-state index in [-0.39, 0.29) is 18.2 Å². The Morgan fingerprint density at radius 2 is 1.83 bits per heavy atom. The number of imide groups is 1. The zero-order valence-electron chi connectivity index (χ0n) is 16.3. The first-order valence-electron chi connectivity index (χ1n) is 10.2. The summed E-state index contributed by atoms with van der Waals surface area (Å²) in [5, 5.41) is 5.74. The van der Waals surface area contributed by atoms with Crippen molar-refractivity contribution in [3.63, 3.8) is 0 Å². The van der Waals surface area contributed by atoms with Crippen LogP contribution in [0.1, 0.15) is 44.9 Å². The Morgan fingerprint density at radius 1 is 1.07 bits per heavy atom. The molecule has 1 aliphatic carbocycles. The SMILES string of the molecule is O=C(CCCOc1cccc2ccccc12)NN1C(=O)NC2(CCCCC2)C1=O. The van der Waals surface area contributed by atoms with E-state index >= 15 is 0 Å². The minimum atomic E-state index is -0.833. The molecule has 2 fully saturated rings. The fourth-order valence-electron chi connectivity index (χ4n) is 4.13. The number of hydrogen-bond donors (Lipinski definition) is 2. The van der Waals surface area contributed by atoms with Gasteiger partial charge in [-0.05, 0) is 30.7 Å². The van der Waals surface area contributed by atoms with Crippen molar-refractivity contribution >= 4 is 28.6 Å². The predicted octanol–water partition coefficient (Wildman–Crippen LogP) is 3.28. The minimum absolute atomic E-state index is 0.162. The van der Waals surface area contributed by atoms with Crippen LogP contribution >= 0.6 is 0 Å². The summed E-state index contributed by atoms with van der Waals surface area (Å²) in [6, 6.07) is 13.3. The monoisotopic (exact) mass is 395 g/mol. The first kappa shape index (κ1) is 19.2. The highest BCUT2D eigenvalue weighted by Gasteiger charge is 2.52. The van der Waals surface area contributed by atoms with E-state index in [9.17, 15) is 14.4 Å². The summed E-state index contributed by atoms with van der Waals surface area (Å²) in [5.74, 6) is 0.0577. The molecular weight excluding hydrogens is 370 g/mol. The fraction of sp³-hybridized carbons (Fsp3) is 0.409. The van der Waals surface area contributed by atoms with Crippen molar-refractivity contribution < 1.29 is 19.1 Å². The van der Waals surface area contributed by atoms with Gasteiger partial charge in [-0.15, -0.1) is 0 Å². The molecule has 1 aliphatic heterocycles. The van der Waals surface area contributed by atoms with Crippen LogP contribution in [0.2, 0.25) is 0 Å². The van der Waals surface area contributed by atoms with E-state index in [0.29, 0.717) is 25.9 Å². The molecule has 2 aromatic carbocycles. The van der Waals surface area contributed by atoms with E-state index in [2.05, 4.69) is 10.7 Å². The highest BCUT2D eigenvalue weighted by atomic mass is 16.5. The van der Waals surface area contributed by atoms with Gasteiger partial charge >= 0.3 is 6.03 Å². The Kier molecular flexibility index (Phi) is 5.38. The van der Waals surface area contributed by atoms with Crippen LogP contribution in [0.25, 0.3) is 10.8 Å². The van der Waals surface area contributed by atoms with Crippen molar-refractivity contribution in [2.75, 3.05) is 6.61 Å². The third kappa shape index (κ3) is 3.90. The van der Waals surface area contributed by atoms with Crippen molar-refractivity contribution in [1.29, 1.82) is 0 Å². The molecule has 0 bridgehead atoms. The molecule has 0 radical (unpaired) electrons. The van der Waals surface area contributed by atoms with Gasteiger partial charge in [0, 0.05) is 11.8 Å². The molecule has 1 spiro atoms. The molecule has 1 saturated carbocycles. The molecule has 0 atom stereocenters. The molecule has 2 aliphatic rings. The Morgan fingerprint density at radius 3 is 2.66 bits per heavy atom. The molecule has 2 aromatic rings. The summed E-state index contributed by atoms with van der Waals surface area (Å²) in [6.45, 7) is 0.367. The maximum absolute atomic E-state index is 12.7. The number of rotatable bonds is 6. The summed E-state index contributed by atoms with van der Waals surface area (Å²) in [6.07, 6.45) is 4.76. The first-order chi connectivity index (χ1) is 14.1. The maximum Gasteiger partial charge on any atom is 0.344 e. The summed E-state index contributed by atoms with van der Waals surface area (Å²) < 4.78 is 5.83. The van der Waals surface area contributed by atoms with Crippen molar-refractivity contribution in [1.82, 2.24) is 15.8 Å². The third-order valence-corrected chi connectivity index (χ3v) is 5.66. The van der Waals surface area contributed by atoms with Gasteiger partial charge < -0.3 is 10.1 Å². The van der Waals surface area contributed by atoms with Gasteiger partial charge in [0.05, 0.1) is 6.61 Å². The number of amides is 4. The summed E-state index contributed by atoms with van der Waals surface area (Å²) in [4.78, 5) is 37.1. The quantitative estimate of drug-likeness (QED) is 0.580. The number of benzene rings is 2. The number of carbonyl (C=O) groups excluding carboxylic acids is 3. The largest absolute Gasteiger partial charge is 0.493 e. The van der Waals surface area contributed by atoms with E-state index in [0.717, 1.165) is 40.8 Å². The minimum Gasteiger partial charge on any atom is -0.493 e. The first-order valence-corrected chi connectivity index (χ1v) is 10.2. The lowest BCUT2D eigenvalue weighted by Gasteiger charge is -2.30. The summed E-state index contributed by atoms with van der Waals surface area (Å²) in [7, 11) is 0. The van der Waals surface area contributed by atoms with Crippen LogP contribution in [0, 0.1) is 0 Å². The fourth-order valence-corrected chi connectivity index (χ4v) is 4.13. The van der Waals surface area contributed by atoms with Crippen molar-refractivity contribution in [3.8, 4) is 5.75 Å². The number of hydrogen-bond acceptors (Lipinski definition) is 4. The number of ether oxygens (including phenoxy) is 1. The molecular formula is C22H25N3O4. The lowest BCUT2D eigenvalue weighted by atomic mass is 9.82. The van der Waals surface area contributed by atoms with Crippen molar-refractivity contribution in [3.05, 3.63) is 42.5 Å². The molecule has 7 nitrogen and oxygen atoms in total. The lowest BCUT2D eigenvalue weighted by molar-refractivity contribution is -0.140. The molecule has 1 heterocycles. The van der Waals surface area contributed by atoms with Crippen LogP contribution in [-0.4, -0.2) is 35.0 Å². The van der Waals surface area contributed by atoms with Crippen LogP contribution in [0.15, 0.2) is 42.5 Å². The van der Waals surface area contributed by atoms with Crippen LogP contribution in [-0.2, 0) is 9.59 Å². The number of fused-ring (bicyclic) bond motifs is 1. The van der Waals surface area contributed by atoms with Crippen molar-refractivity contribution in [2.45, 2.75) is 50.5 Å². The number of nitrogens with one attached hydrogen (secondary N) is 2. The summed E-state index contributed by atoms with van der Waals surface area (Å²) in [5.41, 5.74) is 1.62. The number of hydrazine groups is 1. The topological polar surface area (TPSA) is 87.7 Å². The van der Waals surface area contributed by atoms with Crippen molar-refractivity contribution in [2.24, 2.45) is 0 Å². The lowest BCUT2D eigenvalue weighted by Crippen LogP contribution is -2.50. The van der Waals surface area contributed by atoms with Gasteiger partial charge in [-0.3, -0.25) is 15.0 Å². The molecule has 4 rings (SSSR count). The van der Waals surface area contributed by atoms with E-state index in [1.54, 1.807) is 0 Å². The van der Waals surface area contributed by atoms with E-state index in [1.165, 1.54) is 0 Å². The highest BCUT2D eigenvalue weighted by Crippen LogP contribution is 2.33. The van der Waals surface area contributed by atoms with Gasteiger partial charge in [0.15, 0.2) is 0 Å². The zero-order chi connectivity index (χ0) is 20.3. The molecule has 1 saturated heterocycles. The standard InChI is InChI=1S/C22H25N3O4/c26-19(24-25-20(27)22(23-21(25)28)13-4-1-5-14-22)12-7-15-29-18-11-6-9-16-8-2-3-10-17(16)18/h2-3,6,8-11H,1,4-5,7,12-15H2,(H,23,28)(H,24,26). The third-order valence-electron chi connectivity index (χ3n) is 5.66. The van der Waals surface area contributed by atoms with Gasteiger partial charge in [0.1, 0.15) is 11.3 Å².